The highest BCUT2D eigenvalue weighted by Crippen LogP contribution is 2.36. The molecule has 0 atom stereocenters. The summed E-state index contributed by atoms with van der Waals surface area (Å²) in [5.74, 6) is 1.60. The molecule has 3 rings (SSSR count). The van der Waals surface area contributed by atoms with Gasteiger partial charge < -0.3 is 10.0 Å². The summed E-state index contributed by atoms with van der Waals surface area (Å²) in [5, 5.41) is 10.7. The molecule has 0 unspecified atom stereocenters. The molecule has 0 aliphatic heterocycles. The lowest BCUT2D eigenvalue weighted by atomic mass is 9.94. The van der Waals surface area contributed by atoms with Crippen LogP contribution in [0.25, 0.3) is 21.6 Å². The van der Waals surface area contributed by atoms with Crippen molar-refractivity contribution in [3.05, 3.63) is 35.0 Å². The van der Waals surface area contributed by atoms with Crippen LogP contribution >= 0.6 is 11.3 Å². The van der Waals surface area contributed by atoms with E-state index in [1.165, 1.54) is 10.4 Å². The van der Waals surface area contributed by atoms with E-state index >= 15 is 0 Å². The lowest BCUT2D eigenvalue weighted by Gasteiger charge is -2.29. The average molecular weight is 356 g/mol. The molecule has 0 saturated carbocycles. The Morgan fingerprint density at radius 2 is 2.00 bits per heavy atom. The minimum atomic E-state index is -0.209. The number of aliphatic hydroxyl groups excluding tert-OH is 1. The largest absolute Gasteiger partial charge is 0.396 e. The zero-order valence-electron chi connectivity index (χ0n) is 15.4. The van der Waals surface area contributed by atoms with E-state index in [1.54, 1.807) is 23.7 Å². The Hall–Kier alpha value is -2.05. The fraction of sp³-hybridized carbons (Fsp3) is 0.421. The second kappa shape index (κ2) is 6.69. The third kappa shape index (κ3) is 3.50. The number of rotatable bonds is 5. The molecule has 0 aromatic carbocycles. The SMILES string of the molecule is Cc1sc2nc(-c3cccnc3)nc(N(C)CC(C)(C)CO)c2c1C. The van der Waals surface area contributed by atoms with Crippen molar-refractivity contribution in [2.24, 2.45) is 5.41 Å². The highest BCUT2D eigenvalue weighted by atomic mass is 32.1. The second-order valence-corrected chi connectivity index (χ2v) is 8.46. The Morgan fingerprint density at radius 3 is 2.64 bits per heavy atom. The zero-order valence-corrected chi connectivity index (χ0v) is 16.2. The van der Waals surface area contributed by atoms with E-state index < -0.39 is 0 Å². The molecule has 0 fully saturated rings. The van der Waals surface area contributed by atoms with E-state index in [4.69, 9.17) is 9.97 Å². The first-order chi connectivity index (χ1) is 11.8. The third-order valence-corrected chi connectivity index (χ3v) is 5.49. The summed E-state index contributed by atoms with van der Waals surface area (Å²) in [6.07, 6.45) is 3.54. The van der Waals surface area contributed by atoms with E-state index in [0.29, 0.717) is 12.4 Å². The van der Waals surface area contributed by atoms with Gasteiger partial charge in [-0.3, -0.25) is 4.98 Å². The molecule has 0 saturated heterocycles. The van der Waals surface area contributed by atoms with E-state index in [0.717, 1.165) is 21.6 Å². The number of aliphatic hydroxyl groups is 1. The van der Waals surface area contributed by atoms with Crippen molar-refractivity contribution in [3.63, 3.8) is 0 Å². The van der Waals surface area contributed by atoms with Gasteiger partial charge in [-0.25, -0.2) is 9.97 Å². The number of thiophene rings is 1. The molecule has 0 aliphatic carbocycles. The highest BCUT2D eigenvalue weighted by molar-refractivity contribution is 7.18. The number of nitrogens with zero attached hydrogens (tertiary/aromatic N) is 4. The Labute approximate surface area is 152 Å². The summed E-state index contributed by atoms with van der Waals surface area (Å²) in [5.41, 5.74) is 1.92. The third-order valence-electron chi connectivity index (χ3n) is 4.38. The number of pyridine rings is 1. The van der Waals surface area contributed by atoms with Gasteiger partial charge in [0, 0.05) is 48.4 Å². The molecule has 1 N–H and O–H groups in total. The number of hydrogen-bond acceptors (Lipinski definition) is 6. The van der Waals surface area contributed by atoms with Gasteiger partial charge in [-0.1, -0.05) is 13.8 Å². The Balaban J connectivity index is 2.17. The molecule has 0 spiro atoms. The first kappa shape index (κ1) is 17.8. The standard InChI is InChI=1S/C19H24N4OS/c1-12-13(2)25-18-15(12)17(23(5)10-19(3,4)11-24)21-16(22-18)14-7-6-8-20-9-14/h6-9,24H,10-11H2,1-5H3. The van der Waals surface area contributed by atoms with Crippen molar-refractivity contribution < 1.29 is 5.11 Å². The first-order valence-corrected chi connectivity index (χ1v) is 9.14. The average Bonchev–Trinajstić information content (AvgIpc) is 2.89. The van der Waals surface area contributed by atoms with Gasteiger partial charge in [0.1, 0.15) is 10.6 Å². The number of hydrogen-bond donors (Lipinski definition) is 1. The van der Waals surface area contributed by atoms with Crippen LogP contribution in [0.5, 0.6) is 0 Å². The summed E-state index contributed by atoms with van der Waals surface area (Å²) in [7, 11) is 2.03. The van der Waals surface area contributed by atoms with Crippen LogP contribution in [0.4, 0.5) is 5.82 Å². The summed E-state index contributed by atoms with van der Waals surface area (Å²) in [6.45, 7) is 9.17. The number of aromatic nitrogens is 3. The molecular weight excluding hydrogens is 332 g/mol. The predicted octanol–water partition coefficient (Wildman–Crippen LogP) is 3.82. The van der Waals surface area contributed by atoms with Gasteiger partial charge in [0.2, 0.25) is 0 Å². The number of anilines is 1. The maximum absolute atomic E-state index is 9.63. The Morgan fingerprint density at radius 1 is 1.24 bits per heavy atom. The van der Waals surface area contributed by atoms with E-state index in [9.17, 15) is 5.11 Å². The first-order valence-electron chi connectivity index (χ1n) is 8.32. The van der Waals surface area contributed by atoms with Crippen molar-refractivity contribution in [2.45, 2.75) is 27.7 Å². The van der Waals surface area contributed by atoms with Crippen LogP contribution < -0.4 is 4.90 Å². The minimum absolute atomic E-state index is 0.128. The van der Waals surface area contributed by atoms with E-state index in [-0.39, 0.29) is 12.0 Å². The summed E-state index contributed by atoms with van der Waals surface area (Å²) >= 11 is 1.70. The highest BCUT2D eigenvalue weighted by Gasteiger charge is 2.23. The van der Waals surface area contributed by atoms with Gasteiger partial charge in [-0.05, 0) is 31.5 Å². The molecule has 0 aliphatic rings. The van der Waals surface area contributed by atoms with Crippen LogP contribution in [-0.4, -0.2) is 40.3 Å². The normalized spacial score (nSPS) is 11.9. The van der Waals surface area contributed by atoms with Crippen molar-refractivity contribution in [1.82, 2.24) is 15.0 Å². The van der Waals surface area contributed by atoms with Crippen molar-refractivity contribution in [3.8, 4) is 11.4 Å². The Kier molecular flexibility index (Phi) is 4.75. The topological polar surface area (TPSA) is 62.1 Å². The van der Waals surface area contributed by atoms with Crippen LogP contribution in [-0.2, 0) is 0 Å². The summed E-state index contributed by atoms with van der Waals surface area (Å²) < 4.78 is 0. The monoisotopic (exact) mass is 356 g/mol. The molecule has 3 aromatic heterocycles. The molecule has 6 heteroatoms. The number of aryl methyl sites for hydroxylation is 2. The van der Waals surface area contributed by atoms with Gasteiger partial charge in [0.25, 0.3) is 0 Å². The van der Waals surface area contributed by atoms with Crippen LogP contribution in [0, 0.1) is 19.3 Å². The predicted molar refractivity (Wildman–Crippen MR) is 104 cm³/mol. The van der Waals surface area contributed by atoms with E-state index in [1.807, 2.05) is 19.2 Å². The fourth-order valence-corrected chi connectivity index (χ4v) is 3.92. The smallest absolute Gasteiger partial charge is 0.164 e. The van der Waals surface area contributed by atoms with Crippen molar-refractivity contribution >= 4 is 27.4 Å². The van der Waals surface area contributed by atoms with Crippen LogP contribution in [0.3, 0.4) is 0 Å². The van der Waals surface area contributed by atoms with Gasteiger partial charge in [-0.15, -0.1) is 11.3 Å². The van der Waals surface area contributed by atoms with Crippen molar-refractivity contribution in [1.29, 1.82) is 0 Å². The molecular formula is C19H24N4OS. The fourth-order valence-electron chi connectivity index (χ4n) is 2.90. The minimum Gasteiger partial charge on any atom is -0.396 e. The lowest BCUT2D eigenvalue weighted by Crippen LogP contribution is -2.34. The van der Waals surface area contributed by atoms with E-state index in [2.05, 4.69) is 37.6 Å². The number of fused-ring (bicyclic) bond motifs is 1. The molecule has 0 radical (unpaired) electrons. The van der Waals surface area contributed by atoms with Crippen LogP contribution in [0.15, 0.2) is 24.5 Å². The summed E-state index contributed by atoms with van der Waals surface area (Å²) in [6, 6.07) is 3.87. The van der Waals surface area contributed by atoms with Crippen molar-refractivity contribution in [2.75, 3.05) is 25.1 Å². The summed E-state index contributed by atoms with van der Waals surface area (Å²) in [4.78, 5) is 18.2. The molecule has 0 amide bonds. The van der Waals surface area contributed by atoms with Gasteiger partial charge >= 0.3 is 0 Å². The van der Waals surface area contributed by atoms with Crippen LogP contribution in [0.2, 0.25) is 0 Å². The molecule has 0 bridgehead atoms. The molecule has 3 heterocycles. The lowest BCUT2D eigenvalue weighted by molar-refractivity contribution is 0.165. The van der Waals surface area contributed by atoms with Gasteiger partial charge in [0.05, 0.1) is 5.39 Å². The molecule has 3 aromatic rings. The molecule has 132 valence electrons. The molecule has 25 heavy (non-hydrogen) atoms. The second-order valence-electron chi connectivity index (χ2n) is 7.25. The van der Waals surface area contributed by atoms with Gasteiger partial charge in [0.15, 0.2) is 5.82 Å². The molecule has 5 nitrogen and oxygen atoms in total. The maximum atomic E-state index is 9.63. The van der Waals surface area contributed by atoms with Crippen LogP contribution in [0.1, 0.15) is 24.3 Å². The quantitative estimate of drug-likeness (QED) is 0.753. The Bertz CT molecular complexity index is 889. The van der Waals surface area contributed by atoms with Gasteiger partial charge in [-0.2, -0.15) is 0 Å². The maximum Gasteiger partial charge on any atom is 0.164 e. The zero-order chi connectivity index (χ0) is 18.2.